The quantitative estimate of drug-likeness (QED) is 0.753. The van der Waals surface area contributed by atoms with Crippen molar-refractivity contribution in [2.45, 2.75) is 12.5 Å². The lowest BCUT2D eigenvalue weighted by molar-refractivity contribution is -0.127. The molecule has 1 aliphatic rings. The number of anilines is 1. The predicted octanol–water partition coefficient (Wildman–Crippen LogP) is -0.00912. The maximum Gasteiger partial charge on any atom is 0.244 e. The molecule has 1 N–H and O–H groups in total. The monoisotopic (exact) mass is 217 g/mol. The van der Waals surface area contributed by atoms with Crippen LogP contribution in [-0.4, -0.2) is 40.4 Å². The molecular formula is C10H11N5O. The van der Waals surface area contributed by atoms with Crippen LogP contribution in [0, 0.1) is 11.3 Å². The summed E-state index contributed by atoms with van der Waals surface area (Å²) < 4.78 is 0. The third-order valence-corrected chi connectivity index (χ3v) is 2.50. The summed E-state index contributed by atoms with van der Waals surface area (Å²) in [5.41, 5.74) is 0.288. The average Bonchev–Trinajstić information content (AvgIpc) is 2.61. The first-order valence-electron chi connectivity index (χ1n) is 4.95. The molecule has 0 aromatic carbocycles. The van der Waals surface area contributed by atoms with E-state index >= 15 is 0 Å². The Labute approximate surface area is 92.9 Å². The molecule has 0 aliphatic carbocycles. The number of likely N-dealkylation sites (N-methyl/N-ethyl adjacent to an activating group) is 1. The molecule has 6 nitrogen and oxygen atoms in total. The second kappa shape index (κ2) is 4.14. The molecule has 1 saturated heterocycles. The van der Waals surface area contributed by atoms with Gasteiger partial charge in [-0.05, 0) is 12.5 Å². The number of hydrogen-bond donors (Lipinski definition) is 1. The standard InChI is InChI=1S/C10H11N5O/c1-15-5-3-8(9(15)16)14-10-12-4-2-7(6-11)13-10/h2,4,8H,3,5H2,1H3,(H,12,13,14). The van der Waals surface area contributed by atoms with Gasteiger partial charge < -0.3 is 10.2 Å². The number of carbonyl (C=O) groups excluding carboxylic acids is 1. The molecule has 0 bridgehead atoms. The van der Waals surface area contributed by atoms with Crippen LogP contribution in [0.1, 0.15) is 12.1 Å². The molecule has 1 amide bonds. The van der Waals surface area contributed by atoms with Gasteiger partial charge in [-0.2, -0.15) is 5.26 Å². The lowest BCUT2D eigenvalue weighted by atomic mass is 10.2. The Kier molecular flexibility index (Phi) is 2.68. The van der Waals surface area contributed by atoms with Crippen molar-refractivity contribution in [1.29, 1.82) is 5.26 Å². The van der Waals surface area contributed by atoms with Gasteiger partial charge in [0, 0.05) is 19.8 Å². The Bertz CT molecular complexity index is 453. The van der Waals surface area contributed by atoms with Crippen molar-refractivity contribution in [1.82, 2.24) is 14.9 Å². The summed E-state index contributed by atoms with van der Waals surface area (Å²) in [6.45, 7) is 0.731. The van der Waals surface area contributed by atoms with Crippen LogP contribution < -0.4 is 5.32 Å². The number of carbonyl (C=O) groups is 1. The summed E-state index contributed by atoms with van der Waals surface area (Å²) in [6.07, 6.45) is 2.23. The van der Waals surface area contributed by atoms with E-state index < -0.39 is 0 Å². The molecule has 0 radical (unpaired) electrons. The van der Waals surface area contributed by atoms with E-state index in [1.54, 1.807) is 11.9 Å². The Morgan fingerprint density at radius 3 is 3.12 bits per heavy atom. The highest BCUT2D eigenvalue weighted by Gasteiger charge is 2.29. The highest BCUT2D eigenvalue weighted by molar-refractivity contribution is 5.86. The topological polar surface area (TPSA) is 81.9 Å². The Morgan fingerprint density at radius 2 is 2.50 bits per heavy atom. The molecular weight excluding hydrogens is 206 g/mol. The van der Waals surface area contributed by atoms with E-state index in [1.165, 1.54) is 12.3 Å². The van der Waals surface area contributed by atoms with Crippen molar-refractivity contribution in [3.05, 3.63) is 18.0 Å². The molecule has 1 fully saturated rings. The number of nitriles is 1. The van der Waals surface area contributed by atoms with E-state index in [2.05, 4.69) is 15.3 Å². The van der Waals surface area contributed by atoms with Crippen LogP contribution >= 0.6 is 0 Å². The van der Waals surface area contributed by atoms with E-state index in [0.717, 1.165) is 13.0 Å². The predicted molar refractivity (Wildman–Crippen MR) is 56.4 cm³/mol. The molecule has 2 rings (SSSR count). The minimum Gasteiger partial charge on any atom is -0.344 e. The first-order valence-corrected chi connectivity index (χ1v) is 4.95. The molecule has 0 saturated carbocycles. The van der Waals surface area contributed by atoms with E-state index in [1.807, 2.05) is 6.07 Å². The van der Waals surface area contributed by atoms with Gasteiger partial charge in [0.15, 0.2) is 0 Å². The number of hydrogen-bond acceptors (Lipinski definition) is 5. The number of amides is 1. The zero-order valence-electron chi connectivity index (χ0n) is 8.84. The lowest BCUT2D eigenvalue weighted by Crippen LogP contribution is -2.31. The molecule has 1 aromatic rings. The van der Waals surface area contributed by atoms with E-state index in [9.17, 15) is 4.79 Å². The second-order valence-electron chi connectivity index (χ2n) is 3.62. The summed E-state index contributed by atoms with van der Waals surface area (Å²) in [7, 11) is 1.76. The van der Waals surface area contributed by atoms with Crippen molar-refractivity contribution >= 4 is 11.9 Å². The summed E-state index contributed by atoms with van der Waals surface area (Å²) >= 11 is 0. The molecule has 2 heterocycles. The first kappa shape index (κ1) is 10.4. The van der Waals surface area contributed by atoms with Gasteiger partial charge in [-0.25, -0.2) is 9.97 Å². The minimum absolute atomic E-state index is 0.0333. The summed E-state index contributed by atoms with van der Waals surface area (Å²) in [6, 6.07) is 3.17. The number of nitrogens with one attached hydrogen (secondary N) is 1. The molecule has 1 unspecified atom stereocenters. The van der Waals surface area contributed by atoms with Crippen LogP contribution in [0.15, 0.2) is 12.3 Å². The molecule has 82 valence electrons. The summed E-state index contributed by atoms with van der Waals surface area (Å²) in [4.78, 5) is 21.2. The van der Waals surface area contributed by atoms with E-state index in [0.29, 0.717) is 5.95 Å². The van der Waals surface area contributed by atoms with E-state index in [-0.39, 0.29) is 17.6 Å². The maximum atomic E-state index is 11.6. The minimum atomic E-state index is -0.279. The van der Waals surface area contributed by atoms with Gasteiger partial charge in [0.2, 0.25) is 11.9 Å². The van der Waals surface area contributed by atoms with Gasteiger partial charge in [-0.3, -0.25) is 4.79 Å². The van der Waals surface area contributed by atoms with Gasteiger partial charge in [-0.1, -0.05) is 0 Å². The van der Waals surface area contributed by atoms with Gasteiger partial charge >= 0.3 is 0 Å². The third-order valence-electron chi connectivity index (χ3n) is 2.50. The zero-order chi connectivity index (χ0) is 11.5. The lowest BCUT2D eigenvalue weighted by Gasteiger charge is -2.11. The number of aromatic nitrogens is 2. The van der Waals surface area contributed by atoms with Crippen LogP contribution in [0.25, 0.3) is 0 Å². The van der Waals surface area contributed by atoms with Crippen LogP contribution in [0.4, 0.5) is 5.95 Å². The highest BCUT2D eigenvalue weighted by Crippen LogP contribution is 2.12. The maximum absolute atomic E-state index is 11.6. The van der Waals surface area contributed by atoms with Crippen LogP contribution in [0.2, 0.25) is 0 Å². The Hall–Kier alpha value is -2.16. The molecule has 1 aliphatic heterocycles. The van der Waals surface area contributed by atoms with Crippen LogP contribution in [-0.2, 0) is 4.79 Å². The van der Waals surface area contributed by atoms with Gasteiger partial charge in [-0.15, -0.1) is 0 Å². The van der Waals surface area contributed by atoms with Crippen LogP contribution in [0.5, 0.6) is 0 Å². The fourth-order valence-corrected chi connectivity index (χ4v) is 1.60. The normalized spacial score (nSPS) is 19.6. The van der Waals surface area contributed by atoms with Gasteiger partial charge in [0.1, 0.15) is 17.8 Å². The number of rotatable bonds is 2. The fraction of sp³-hybridized carbons (Fsp3) is 0.400. The summed E-state index contributed by atoms with van der Waals surface area (Å²) in [5.74, 6) is 0.360. The number of nitrogens with zero attached hydrogens (tertiary/aromatic N) is 4. The van der Waals surface area contributed by atoms with Gasteiger partial charge in [0.05, 0.1) is 0 Å². The number of likely N-dealkylation sites (tertiary alicyclic amines) is 1. The Balaban J connectivity index is 2.10. The smallest absolute Gasteiger partial charge is 0.244 e. The second-order valence-corrected chi connectivity index (χ2v) is 3.62. The molecule has 0 spiro atoms. The largest absolute Gasteiger partial charge is 0.344 e. The van der Waals surface area contributed by atoms with Crippen molar-refractivity contribution in [2.24, 2.45) is 0 Å². The van der Waals surface area contributed by atoms with Crippen molar-refractivity contribution in [3.8, 4) is 6.07 Å². The fourth-order valence-electron chi connectivity index (χ4n) is 1.60. The van der Waals surface area contributed by atoms with E-state index in [4.69, 9.17) is 5.26 Å². The van der Waals surface area contributed by atoms with Gasteiger partial charge in [0.25, 0.3) is 0 Å². The SMILES string of the molecule is CN1CCC(Nc2nccc(C#N)n2)C1=O. The molecule has 1 aromatic heterocycles. The molecule has 1 atom stereocenters. The van der Waals surface area contributed by atoms with Crippen LogP contribution in [0.3, 0.4) is 0 Å². The van der Waals surface area contributed by atoms with Crippen molar-refractivity contribution < 1.29 is 4.79 Å². The van der Waals surface area contributed by atoms with Crippen molar-refractivity contribution in [2.75, 3.05) is 18.9 Å². The Morgan fingerprint density at radius 1 is 1.69 bits per heavy atom. The molecule has 16 heavy (non-hydrogen) atoms. The summed E-state index contributed by atoms with van der Waals surface area (Å²) in [5, 5.41) is 11.6. The zero-order valence-corrected chi connectivity index (χ0v) is 8.84. The average molecular weight is 217 g/mol. The molecule has 6 heteroatoms. The van der Waals surface area contributed by atoms with Crippen molar-refractivity contribution in [3.63, 3.8) is 0 Å². The highest BCUT2D eigenvalue weighted by atomic mass is 16.2. The third kappa shape index (κ3) is 1.93. The first-order chi connectivity index (χ1) is 7.70.